The first-order valence-electron chi connectivity index (χ1n) is 29.6. The molecule has 3 fully saturated rings. The van der Waals surface area contributed by atoms with Crippen LogP contribution >= 0.6 is 0 Å². The SMILES string of the molecule is CCCC/C=C\CCCCCCCC(=O)NC(COC1OC(CO)C(OC2OC(CO)C(OC3OC(CO)C(O)C(O)C3O)C(O)C2O)C(O)C1O)C(O)/C=C/CCCCCCCCCCCCCCCCCCCC. The predicted octanol–water partition coefficient (Wildman–Crippen LogP) is 4.76. The average Bonchev–Trinajstić information content (AvgIpc) is 3.41. The maximum atomic E-state index is 13.3. The van der Waals surface area contributed by atoms with Gasteiger partial charge in [-0.05, 0) is 38.5 Å². The third kappa shape index (κ3) is 25.4. The van der Waals surface area contributed by atoms with Crippen molar-refractivity contribution in [2.24, 2.45) is 0 Å². The van der Waals surface area contributed by atoms with Gasteiger partial charge in [-0.3, -0.25) is 4.79 Å². The minimum absolute atomic E-state index is 0.234. The van der Waals surface area contributed by atoms with Gasteiger partial charge >= 0.3 is 0 Å². The summed E-state index contributed by atoms with van der Waals surface area (Å²) in [7, 11) is 0. The quantitative estimate of drug-likeness (QED) is 0.0289. The number of carbonyl (C=O) groups is 1. The van der Waals surface area contributed by atoms with Crippen LogP contribution in [0.2, 0.25) is 0 Å². The summed E-state index contributed by atoms with van der Waals surface area (Å²) in [6.45, 7) is 1.67. The Hall–Kier alpha value is -1.73. The average molecular weight is 1090 g/mol. The second kappa shape index (κ2) is 41.3. The van der Waals surface area contributed by atoms with Crippen LogP contribution in [-0.2, 0) is 33.2 Å². The number of unbranched alkanes of at least 4 members (excludes halogenated alkanes) is 25. The molecule has 12 N–H and O–H groups in total. The fraction of sp³-hybridized carbons (Fsp3) is 0.912. The van der Waals surface area contributed by atoms with Gasteiger partial charge in [0.15, 0.2) is 18.9 Å². The van der Waals surface area contributed by atoms with E-state index in [1.807, 2.05) is 6.08 Å². The molecule has 0 aromatic heterocycles. The first-order valence-corrected chi connectivity index (χ1v) is 29.6. The van der Waals surface area contributed by atoms with Gasteiger partial charge in [0, 0.05) is 6.42 Å². The summed E-state index contributed by atoms with van der Waals surface area (Å²) >= 11 is 0. The van der Waals surface area contributed by atoms with Crippen molar-refractivity contribution in [1.82, 2.24) is 5.32 Å². The normalized spacial score (nSPS) is 31.1. The van der Waals surface area contributed by atoms with E-state index < -0.39 is 124 Å². The minimum Gasteiger partial charge on any atom is -0.394 e. The molecule has 1 amide bonds. The van der Waals surface area contributed by atoms with Crippen LogP contribution in [0.3, 0.4) is 0 Å². The number of allylic oxidation sites excluding steroid dienone is 3. The summed E-state index contributed by atoms with van der Waals surface area (Å²) < 4.78 is 34.2. The molecule has 0 aliphatic carbocycles. The lowest BCUT2D eigenvalue weighted by Crippen LogP contribution is -2.66. The second-order valence-corrected chi connectivity index (χ2v) is 21.5. The molecule has 446 valence electrons. The summed E-state index contributed by atoms with van der Waals surface area (Å²) in [6.07, 6.45) is 14.6. The highest BCUT2D eigenvalue weighted by atomic mass is 16.8. The molecule has 3 aliphatic rings. The van der Waals surface area contributed by atoms with Crippen LogP contribution in [0.5, 0.6) is 0 Å². The monoisotopic (exact) mass is 1090 g/mol. The van der Waals surface area contributed by atoms with E-state index in [0.717, 1.165) is 64.2 Å². The zero-order valence-electron chi connectivity index (χ0n) is 46.2. The highest BCUT2D eigenvalue weighted by Crippen LogP contribution is 2.33. The van der Waals surface area contributed by atoms with Gasteiger partial charge in [-0.25, -0.2) is 0 Å². The Labute approximate surface area is 454 Å². The number of aliphatic hydroxyl groups is 11. The number of nitrogens with one attached hydrogen (secondary N) is 1. The standard InChI is InChI=1S/C57H105NO18/c1-3-5-7-9-11-13-15-16-17-18-19-20-21-22-23-25-26-28-30-32-34-41(62)40(58-45(63)35-33-31-29-27-24-14-12-10-8-6-4-2)39-71-55-51(69)48(66)53(43(37-60)73-55)76-57-52(70)49(67)54(44(38-61)74-57)75-56-50(68)47(65)46(64)42(36-59)72-56/h10,12,32,34,40-44,46-57,59-62,64-70H,3-9,11,13-31,33,35-39H2,1-2H3,(H,58,63)/b12-10-,34-32+. The van der Waals surface area contributed by atoms with Crippen molar-refractivity contribution in [3.8, 4) is 0 Å². The fourth-order valence-electron chi connectivity index (χ4n) is 10.1. The predicted molar refractivity (Wildman–Crippen MR) is 286 cm³/mol. The minimum atomic E-state index is -1.98. The highest BCUT2D eigenvalue weighted by Gasteiger charge is 2.53. The van der Waals surface area contributed by atoms with Crippen LogP contribution in [0.15, 0.2) is 24.3 Å². The van der Waals surface area contributed by atoms with Crippen molar-refractivity contribution in [2.75, 3.05) is 26.4 Å². The van der Waals surface area contributed by atoms with Crippen LogP contribution < -0.4 is 5.32 Å². The molecule has 19 heteroatoms. The van der Waals surface area contributed by atoms with Crippen molar-refractivity contribution < 1.29 is 89.4 Å². The van der Waals surface area contributed by atoms with Gasteiger partial charge in [0.1, 0.15) is 73.2 Å². The van der Waals surface area contributed by atoms with Gasteiger partial charge in [-0.15, -0.1) is 0 Å². The van der Waals surface area contributed by atoms with E-state index in [2.05, 4.69) is 31.3 Å². The van der Waals surface area contributed by atoms with E-state index in [1.165, 1.54) is 109 Å². The third-order valence-electron chi connectivity index (χ3n) is 15.0. The van der Waals surface area contributed by atoms with E-state index >= 15 is 0 Å². The lowest BCUT2D eigenvalue weighted by molar-refractivity contribution is -0.379. The maximum Gasteiger partial charge on any atom is 0.220 e. The van der Waals surface area contributed by atoms with Crippen LogP contribution in [0.25, 0.3) is 0 Å². The Kier molecular flexibility index (Phi) is 37.2. The number of hydrogen-bond acceptors (Lipinski definition) is 18. The van der Waals surface area contributed by atoms with E-state index in [4.69, 9.17) is 28.4 Å². The number of aliphatic hydroxyl groups excluding tert-OH is 11. The number of carbonyl (C=O) groups excluding carboxylic acids is 1. The second-order valence-electron chi connectivity index (χ2n) is 21.5. The van der Waals surface area contributed by atoms with Gasteiger partial charge in [0.25, 0.3) is 0 Å². The Balaban J connectivity index is 1.50. The first-order chi connectivity index (χ1) is 36.8. The maximum absolute atomic E-state index is 13.3. The van der Waals surface area contributed by atoms with E-state index in [-0.39, 0.29) is 18.9 Å². The molecule has 76 heavy (non-hydrogen) atoms. The molecule has 3 aliphatic heterocycles. The molecule has 0 aromatic carbocycles. The number of ether oxygens (including phenoxy) is 6. The molecule has 0 aromatic rings. The van der Waals surface area contributed by atoms with Crippen molar-refractivity contribution in [1.29, 1.82) is 0 Å². The lowest BCUT2D eigenvalue weighted by atomic mass is 9.96. The number of hydrogen-bond donors (Lipinski definition) is 12. The molecular weight excluding hydrogens is 987 g/mol. The molecule has 17 unspecified atom stereocenters. The molecule has 0 bridgehead atoms. The van der Waals surface area contributed by atoms with E-state index in [1.54, 1.807) is 6.08 Å². The van der Waals surface area contributed by atoms with Gasteiger partial charge in [0.05, 0.1) is 38.6 Å². The summed E-state index contributed by atoms with van der Waals surface area (Å²) in [6, 6.07) is -0.973. The lowest BCUT2D eigenvalue weighted by Gasteiger charge is -2.48. The van der Waals surface area contributed by atoms with Crippen molar-refractivity contribution in [2.45, 2.75) is 304 Å². The van der Waals surface area contributed by atoms with Crippen molar-refractivity contribution >= 4 is 5.91 Å². The molecular formula is C57H105NO18. The molecule has 0 spiro atoms. The van der Waals surface area contributed by atoms with Crippen LogP contribution in [0.4, 0.5) is 0 Å². The Morgan fingerprint density at radius 1 is 0.461 bits per heavy atom. The number of rotatable bonds is 43. The summed E-state index contributed by atoms with van der Waals surface area (Å²) in [5.41, 5.74) is 0. The largest absolute Gasteiger partial charge is 0.394 e. The summed E-state index contributed by atoms with van der Waals surface area (Å²) in [5.74, 6) is -0.287. The van der Waals surface area contributed by atoms with Crippen molar-refractivity contribution in [3.63, 3.8) is 0 Å². The van der Waals surface area contributed by atoms with E-state index in [0.29, 0.717) is 6.42 Å². The Morgan fingerprint density at radius 2 is 0.842 bits per heavy atom. The fourth-order valence-corrected chi connectivity index (χ4v) is 10.1. The van der Waals surface area contributed by atoms with E-state index in [9.17, 15) is 61.0 Å². The Bertz CT molecular complexity index is 1490. The summed E-state index contributed by atoms with van der Waals surface area (Å²) in [4.78, 5) is 13.3. The highest BCUT2D eigenvalue weighted by molar-refractivity contribution is 5.76. The molecule has 0 saturated carbocycles. The zero-order chi connectivity index (χ0) is 55.5. The number of amides is 1. The first kappa shape index (κ1) is 68.5. The van der Waals surface area contributed by atoms with Crippen LogP contribution in [0, 0.1) is 0 Å². The Morgan fingerprint density at radius 3 is 1.32 bits per heavy atom. The smallest absolute Gasteiger partial charge is 0.220 e. The van der Waals surface area contributed by atoms with Gasteiger partial charge in [-0.2, -0.15) is 0 Å². The van der Waals surface area contributed by atoms with Gasteiger partial charge in [0.2, 0.25) is 5.91 Å². The summed E-state index contributed by atoms with van der Waals surface area (Å²) in [5, 5.41) is 120. The van der Waals surface area contributed by atoms with Crippen LogP contribution in [-0.4, -0.2) is 193 Å². The van der Waals surface area contributed by atoms with Crippen LogP contribution in [0.1, 0.15) is 200 Å². The molecule has 0 radical (unpaired) electrons. The molecule has 3 rings (SSSR count). The molecule has 17 atom stereocenters. The molecule has 3 heterocycles. The van der Waals surface area contributed by atoms with Gasteiger partial charge in [-0.1, -0.05) is 179 Å². The van der Waals surface area contributed by atoms with Crippen molar-refractivity contribution in [3.05, 3.63) is 24.3 Å². The third-order valence-corrected chi connectivity index (χ3v) is 15.0. The topological polar surface area (TPSA) is 307 Å². The molecule has 19 nitrogen and oxygen atoms in total. The zero-order valence-corrected chi connectivity index (χ0v) is 46.2. The molecule has 3 saturated heterocycles. The van der Waals surface area contributed by atoms with Gasteiger partial charge < -0.3 is 89.9 Å².